The van der Waals surface area contributed by atoms with Gasteiger partial charge >= 0.3 is 12.3 Å². The smallest absolute Gasteiger partial charge is 0.410 e. The van der Waals surface area contributed by atoms with Crippen LogP contribution in [-0.4, -0.2) is 22.7 Å². The van der Waals surface area contributed by atoms with Crippen LogP contribution in [0.2, 0.25) is 0 Å². The lowest BCUT2D eigenvalue weighted by Gasteiger charge is -2.17. The lowest BCUT2D eigenvalue weighted by Crippen LogP contribution is -2.31. The van der Waals surface area contributed by atoms with Crippen molar-refractivity contribution in [2.45, 2.75) is 6.18 Å². The zero-order valence-corrected chi connectivity index (χ0v) is 10.8. The Balaban J connectivity index is 2.83. The van der Waals surface area contributed by atoms with Crippen molar-refractivity contribution in [1.29, 1.82) is 0 Å². The van der Waals surface area contributed by atoms with E-state index in [0.717, 1.165) is 23.1 Å². The number of amides is 1. The highest BCUT2D eigenvalue weighted by molar-refractivity contribution is 7.81. The molecule has 0 aliphatic heterocycles. The van der Waals surface area contributed by atoms with E-state index in [1.807, 2.05) is 0 Å². The molecular formula is C10H10F3NO2S2. The van der Waals surface area contributed by atoms with Crippen LogP contribution in [0, 0.1) is 0 Å². The molecule has 1 rings (SSSR count). The van der Waals surface area contributed by atoms with Gasteiger partial charge < -0.3 is 4.74 Å². The average Bonchev–Trinajstić information content (AvgIpc) is 2.29. The number of carbonyl (C=O) groups excluding carboxylic acids is 1. The van der Waals surface area contributed by atoms with Gasteiger partial charge in [0.05, 0.1) is 17.3 Å². The number of ether oxygens (including phenoxy) is 1. The first-order chi connectivity index (χ1) is 8.38. The zero-order chi connectivity index (χ0) is 13.8. The number of alkyl halides is 3. The van der Waals surface area contributed by atoms with Crippen molar-refractivity contribution in [3.63, 3.8) is 0 Å². The summed E-state index contributed by atoms with van der Waals surface area (Å²) in [6.45, 7) is 0. The summed E-state index contributed by atoms with van der Waals surface area (Å²) in [7, 11) is 0. The predicted molar refractivity (Wildman–Crippen MR) is 67.0 cm³/mol. The highest BCUT2D eigenvalue weighted by Crippen LogP contribution is 2.31. The van der Waals surface area contributed by atoms with E-state index in [1.54, 1.807) is 0 Å². The second-order valence-corrected chi connectivity index (χ2v) is 3.78. The molecule has 18 heavy (non-hydrogen) atoms. The number of rotatable bonds is 3. The number of hydrogen-bond donors (Lipinski definition) is 2. The fourth-order valence-electron chi connectivity index (χ4n) is 1.06. The molecule has 0 N–H and O–H groups in total. The maximum Gasteiger partial charge on any atom is 0.416 e. The summed E-state index contributed by atoms with van der Waals surface area (Å²) in [6.07, 6.45) is -5.28. The molecule has 100 valence electrons. The average molecular weight is 297 g/mol. The fraction of sp³-hybridized carbons (Fsp3) is 0.300. The van der Waals surface area contributed by atoms with Crippen LogP contribution >= 0.6 is 25.3 Å². The second kappa shape index (κ2) is 6.24. The van der Waals surface area contributed by atoms with Gasteiger partial charge in [0.15, 0.2) is 0 Å². The molecule has 0 aliphatic carbocycles. The van der Waals surface area contributed by atoms with Gasteiger partial charge in [-0.1, -0.05) is 6.07 Å². The van der Waals surface area contributed by atoms with Crippen molar-refractivity contribution in [1.82, 2.24) is 4.90 Å². The maximum atomic E-state index is 12.4. The van der Waals surface area contributed by atoms with Gasteiger partial charge in [-0.3, -0.25) is 4.90 Å². The summed E-state index contributed by atoms with van der Waals surface area (Å²) < 4.78 is 42.0. The third kappa shape index (κ3) is 4.02. The molecule has 0 heterocycles. The SMILES string of the molecule is O=C(Oc1cccc(C(F)(F)F)c1)N(CS)CS. The predicted octanol–water partition coefficient (Wildman–Crippen LogP) is 3.28. The van der Waals surface area contributed by atoms with Gasteiger partial charge in [0.25, 0.3) is 0 Å². The van der Waals surface area contributed by atoms with Crippen LogP contribution in [0.4, 0.5) is 18.0 Å². The van der Waals surface area contributed by atoms with Crippen molar-refractivity contribution < 1.29 is 22.7 Å². The molecule has 0 radical (unpaired) electrons. The minimum Gasteiger partial charge on any atom is -0.410 e. The van der Waals surface area contributed by atoms with Crippen molar-refractivity contribution in [3.05, 3.63) is 29.8 Å². The van der Waals surface area contributed by atoms with E-state index < -0.39 is 17.8 Å². The molecule has 1 amide bonds. The van der Waals surface area contributed by atoms with Gasteiger partial charge in [-0.15, -0.1) is 0 Å². The molecule has 0 fully saturated rings. The number of nitrogens with zero attached hydrogens (tertiary/aromatic N) is 1. The Morgan fingerprint density at radius 3 is 2.39 bits per heavy atom. The third-order valence-electron chi connectivity index (χ3n) is 1.97. The Hall–Kier alpha value is -1.02. The molecule has 0 atom stereocenters. The second-order valence-electron chi connectivity index (χ2n) is 3.22. The summed E-state index contributed by atoms with van der Waals surface area (Å²) in [4.78, 5) is 12.6. The van der Waals surface area contributed by atoms with E-state index in [0.29, 0.717) is 0 Å². The van der Waals surface area contributed by atoms with Gasteiger partial charge in [-0.05, 0) is 18.2 Å². The molecule has 0 aromatic heterocycles. The molecule has 0 spiro atoms. The summed E-state index contributed by atoms with van der Waals surface area (Å²) in [5.74, 6) is -0.0637. The van der Waals surface area contributed by atoms with E-state index in [1.165, 1.54) is 6.07 Å². The maximum absolute atomic E-state index is 12.4. The molecule has 0 aliphatic rings. The van der Waals surface area contributed by atoms with Crippen molar-refractivity contribution in [2.24, 2.45) is 0 Å². The van der Waals surface area contributed by atoms with Crippen LogP contribution in [0.25, 0.3) is 0 Å². The fourth-order valence-corrected chi connectivity index (χ4v) is 1.65. The molecule has 1 aromatic carbocycles. The van der Waals surface area contributed by atoms with Crippen LogP contribution in [0.15, 0.2) is 24.3 Å². The molecule has 0 saturated carbocycles. The van der Waals surface area contributed by atoms with Gasteiger partial charge in [-0.25, -0.2) is 4.79 Å². The van der Waals surface area contributed by atoms with Crippen molar-refractivity contribution >= 4 is 31.4 Å². The van der Waals surface area contributed by atoms with Crippen LogP contribution in [0.5, 0.6) is 5.75 Å². The lowest BCUT2D eigenvalue weighted by molar-refractivity contribution is -0.137. The monoisotopic (exact) mass is 297 g/mol. The first-order valence-electron chi connectivity index (χ1n) is 4.74. The van der Waals surface area contributed by atoms with Gasteiger partial charge in [0.2, 0.25) is 0 Å². The van der Waals surface area contributed by atoms with Gasteiger partial charge in [0, 0.05) is 0 Å². The summed E-state index contributed by atoms with van der Waals surface area (Å²) in [5.41, 5.74) is -0.879. The van der Waals surface area contributed by atoms with Crippen molar-refractivity contribution in [2.75, 3.05) is 11.8 Å². The molecule has 0 saturated heterocycles. The Labute approximate surface area is 113 Å². The quantitative estimate of drug-likeness (QED) is 0.662. The van der Waals surface area contributed by atoms with Crippen LogP contribution < -0.4 is 4.74 Å². The molecule has 3 nitrogen and oxygen atoms in total. The largest absolute Gasteiger partial charge is 0.416 e. The molecule has 8 heteroatoms. The Kier molecular flexibility index (Phi) is 5.21. The van der Waals surface area contributed by atoms with Gasteiger partial charge in [-0.2, -0.15) is 38.4 Å². The van der Waals surface area contributed by atoms with E-state index in [4.69, 9.17) is 4.74 Å². The Morgan fingerprint density at radius 2 is 1.89 bits per heavy atom. The first-order valence-corrected chi connectivity index (χ1v) is 6.00. The summed E-state index contributed by atoms with van der Waals surface area (Å²) in [5, 5.41) is 0. The number of carbonyl (C=O) groups is 1. The first kappa shape index (κ1) is 15.0. The third-order valence-corrected chi connectivity index (χ3v) is 2.65. The minimum absolute atomic E-state index is 0.0568. The summed E-state index contributed by atoms with van der Waals surface area (Å²) >= 11 is 7.73. The highest BCUT2D eigenvalue weighted by Gasteiger charge is 2.30. The van der Waals surface area contributed by atoms with E-state index in [9.17, 15) is 18.0 Å². The Bertz CT molecular complexity index is 422. The highest BCUT2D eigenvalue weighted by atomic mass is 32.1. The zero-order valence-electron chi connectivity index (χ0n) is 9.02. The summed E-state index contributed by atoms with van der Waals surface area (Å²) in [6, 6.07) is 4.08. The van der Waals surface area contributed by atoms with Gasteiger partial charge in [0.1, 0.15) is 5.75 Å². The molecule has 0 bridgehead atoms. The number of hydrogen-bond acceptors (Lipinski definition) is 4. The van der Waals surface area contributed by atoms with Crippen LogP contribution in [-0.2, 0) is 6.18 Å². The number of halogens is 3. The molecule has 1 aromatic rings. The number of benzene rings is 1. The minimum atomic E-state index is -4.48. The van der Waals surface area contributed by atoms with Crippen LogP contribution in [0.1, 0.15) is 5.56 Å². The molecular weight excluding hydrogens is 287 g/mol. The van der Waals surface area contributed by atoms with Crippen molar-refractivity contribution in [3.8, 4) is 5.75 Å². The lowest BCUT2D eigenvalue weighted by atomic mass is 10.2. The topological polar surface area (TPSA) is 29.5 Å². The standard InChI is InChI=1S/C10H10F3NO2S2/c11-10(12,13)7-2-1-3-8(4-7)16-9(15)14(5-17)6-18/h1-4,17-18H,5-6H2. The van der Waals surface area contributed by atoms with Crippen LogP contribution in [0.3, 0.4) is 0 Å². The number of thiol groups is 2. The van der Waals surface area contributed by atoms with E-state index in [-0.39, 0.29) is 17.5 Å². The molecule has 0 unspecified atom stereocenters. The van der Waals surface area contributed by atoms with E-state index in [2.05, 4.69) is 25.3 Å². The normalized spacial score (nSPS) is 11.2. The van der Waals surface area contributed by atoms with E-state index >= 15 is 0 Å². The Morgan fingerprint density at radius 1 is 1.28 bits per heavy atom.